The van der Waals surface area contributed by atoms with Crippen LogP contribution in [0.2, 0.25) is 0 Å². The topological polar surface area (TPSA) is 59.0 Å². The number of carbonyl (C=O) groups is 1. The number of rotatable bonds is 6. The molecule has 1 unspecified atom stereocenters. The van der Waals surface area contributed by atoms with E-state index in [1.54, 1.807) is 32.4 Å². The van der Waals surface area contributed by atoms with Crippen molar-refractivity contribution in [3.63, 3.8) is 0 Å². The van der Waals surface area contributed by atoms with E-state index in [9.17, 15) is 4.79 Å². The van der Waals surface area contributed by atoms with Crippen molar-refractivity contribution in [2.75, 3.05) is 20.8 Å². The Morgan fingerprint density at radius 3 is 2.68 bits per heavy atom. The summed E-state index contributed by atoms with van der Waals surface area (Å²) in [6.45, 7) is 1.73. The molecule has 0 spiro atoms. The molecule has 5 nitrogen and oxygen atoms in total. The zero-order chi connectivity index (χ0) is 17.8. The number of hydrogen-bond acceptors (Lipinski definition) is 4. The minimum atomic E-state index is -0.889. The third kappa shape index (κ3) is 3.77. The predicted octanol–water partition coefficient (Wildman–Crippen LogP) is 3.74. The molecule has 5 heteroatoms. The standard InChI is InChI=1S/C20H23NO4/c1-24-18-9-8-15(12-19(18)25-2)17-7-4-10-21(17)13-14-5-3-6-16(11-14)20(22)23/h3,5-6,8-9,11-12,17H,4,7,10,13H2,1-2H3,(H,22,23). The fourth-order valence-electron chi connectivity index (χ4n) is 3.49. The SMILES string of the molecule is COc1ccc(C2CCCN2Cc2cccc(C(=O)O)c2)cc1OC. The minimum Gasteiger partial charge on any atom is -0.493 e. The number of carboxylic acid groups (broad SMARTS) is 1. The molecule has 2 aromatic carbocycles. The van der Waals surface area contributed by atoms with Crippen LogP contribution in [-0.4, -0.2) is 36.7 Å². The molecule has 25 heavy (non-hydrogen) atoms. The molecule has 3 rings (SSSR count). The van der Waals surface area contributed by atoms with Gasteiger partial charge in [-0.15, -0.1) is 0 Å². The highest BCUT2D eigenvalue weighted by atomic mass is 16.5. The molecule has 132 valence electrons. The molecule has 0 radical (unpaired) electrons. The molecule has 1 atom stereocenters. The Morgan fingerprint density at radius 1 is 1.16 bits per heavy atom. The van der Waals surface area contributed by atoms with Crippen LogP contribution < -0.4 is 9.47 Å². The van der Waals surface area contributed by atoms with E-state index in [2.05, 4.69) is 11.0 Å². The van der Waals surface area contributed by atoms with E-state index in [0.29, 0.717) is 11.6 Å². The second-order valence-corrected chi connectivity index (χ2v) is 6.25. The highest BCUT2D eigenvalue weighted by molar-refractivity contribution is 5.87. The summed E-state index contributed by atoms with van der Waals surface area (Å²) in [5, 5.41) is 9.17. The van der Waals surface area contributed by atoms with Crippen LogP contribution in [0.3, 0.4) is 0 Å². The third-order valence-corrected chi connectivity index (χ3v) is 4.72. The smallest absolute Gasteiger partial charge is 0.335 e. The van der Waals surface area contributed by atoms with E-state index in [1.807, 2.05) is 18.2 Å². The van der Waals surface area contributed by atoms with Gasteiger partial charge >= 0.3 is 5.97 Å². The van der Waals surface area contributed by atoms with Crippen LogP contribution in [0, 0.1) is 0 Å². The van der Waals surface area contributed by atoms with Gasteiger partial charge in [-0.2, -0.15) is 0 Å². The van der Waals surface area contributed by atoms with E-state index < -0.39 is 5.97 Å². The van der Waals surface area contributed by atoms with E-state index in [4.69, 9.17) is 14.6 Å². The van der Waals surface area contributed by atoms with Crippen LogP contribution in [0.25, 0.3) is 0 Å². The van der Waals surface area contributed by atoms with Crippen molar-refractivity contribution in [2.45, 2.75) is 25.4 Å². The second-order valence-electron chi connectivity index (χ2n) is 6.25. The number of benzene rings is 2. The summed E-state index contributed by atoms with van der Waals surface area (Å²) in [5.41, 5.74) is 2.55. The Kier molecular flexibility index (Phi) is 5.24. The quantitative estimate of drug-likeness (QED) is 0.867. The van der Waals surface area contributed by atoms with Gasteiger partial charge in [-0.25, -0.2) is 4.79 Å². The van der Waals surface area contributed by atoms with E-state index in [0.717, 1.165) is 43.0 Å². The van der Waals surface area contributed by atoms with Crippen LogP contribution in [0.1, 0.15) is 40.4 Å². The Hall–Kier alpha value is -2.53. The number of nitrogens with zero attached hydrogens (tertiary/aromatic N) is 1. The highest BCUT2D eigenvalue weighted by Crippen LogP contribution is 2.37. The number of aromatic carboxylic acids is 1. The molecule has 1 saturated heterocycles. The molecule has 2 aromatic rings. The lowest BCUT2D eigenvalue weighted by Crippen LogP contribution is -2.23. The van der Waals surface area contributed by atoms with Gasteiger partial charge in [-0.3, -0.25) is 4.90 Å². The largest absolute Gasteiger partial charge is 0.493 e. The molecule has 0 aromatic heterocycles. The first-order valence-electron chi connectivity index (χ1n) is 8.40. The summed E-state index contributed by atoms with van der Waals surface area (Å²) in [6, 6.07) is 13.5. The van der Waals surface area contributed by atoms with Crippen molar-refractivity contribution in [1.29, 1.82) is 0 Å². The molecule has 0 amide bonds. The average molecular weight is 341 g/mol. The molecule has 0 bridgehead atoms. The summed E-state index contributed by atoms with van der Waals surface area (Å²) < 4.78 is 10.7. The average Bonchev–Trinajstić information content (AvgIpc) is 3.09. The van der Waals surface area contributed by atoms with Gasteiger partial charge in [-0.1, -0.05) is 18.2 Å². The van der Waals surface area contributed by atoms with Gasteiger partial charge in [0.2, 0.25) is 0 Å². The van der Waals surface area contributed by atoms with E-state index >= 15 is 0 Å². The lowest BCUT2D eigenvalue weighted by molar-refractivity contribution is 0.0696. The molecule has 1 heterocycles. The highest BCUT2D eigenvalue weighted by Gasteiger charge is 2.27. The van der Waals surface area contributed by atoms with Crippen LogP contribution >= 0.6 is 0 Å². The fourth-order valence-corrected chi connectivity index (χ4v) is 3.49. The molecule has 1 aliphatic heterocycles. The molecular formula is C20H23NO4. The first-order valence-corrected chi connectivity index (χ1v) is 8.40. The fraction of sp³-hybridized carbons (Fsp3) is 0.350. The van der Waals surface area contributed by atoms with Crippen LogP contribution in [0.15, 0.2) is 42.5 Å². The number of hydrogen-bond donors (Lipinski definition) is 1. The number of likely N-dealkylation sites (tertiary alicyclic amines) is 1. The Labute approximate surface area is 147 Å². The maximum absolute atomic E-state index is 11.2. The van der Waals surface area contributed by atoms with Gasteiger partial charge in [-0.05, 0) is 54.8 Å². The summed E-state index contributed by atoms with van der Waals surface area (Å²) in [6.07, 6.45) is 2.20. The number of carboxylic acids is 1. The molecule has 1 N–H and O–H groups in total. The van der Waals surface area contributed by atoms with Crippen molar-refractivity contribution in [3.8, 4) is 11.5 Å². The molecule has 1 aliphatic rings. The monoisotopic (exact) mass is 341 g/mol. The second kappa shape index (κ2) is 7.57. The first kappa shape index (κ1) is 17.3. The summed E-state index contributed by atoms with van der Waals surface area (Å²) in [4.78, 5) is 13.6. The van der Waals surface area contributed by atoms with E-state index in [-0.39, 0.29) is 0 Å². The Bertz CT molecular complexity index is 759. The van der Waals surface area contributed by atoms with Crippen molar-refractivity contribution in [2.24, 2.45) is 0 Å². The van der Waals surface area contributed by atoms with Gasteiger partial charge in [0.1, 0.15) is 0 Å². The summed E-state index contributed by atoms with van der Waals surface area (Å²) in [5.74, 6) is 0.574. The van der Waals surface area contributed by atoms with Crippen LogP contribution in [0.5, 0.6) is 11.5 Å². The van der Waals surface area contributed by atoms with Gasteiger partial charge in [0.15, 0.2) is 11.5 Å². The van der Waals surface area contributed by atoms with Gasteiger partial charge < -0.3 is 14.6 Å². The lowest BCUT2D eigenvalue weighted by Gasteiger charge is -2.25. The normalized spacial score (nSPS) is 17.4. The zero-order valence-corrected chi connectivity index (χ0v) is 14.6. The van der Waals surface area contributed by atoms with Crippen molar-refractivity contribution in [1.82, 2.24) is 4.90 Å². The maximum atomic E-state index is 11.2. The number of methoxy groups -OCH3 is 2. The molecule has 1 fully saturated rings. The minimum absolute atomic E-state index is 0.299. The van der Waals surface area contributed by atoms with Crippen LogP contribution in [-0.2, 0) is 6.54 Å². The first-order chi connectivity index (χ1) is 12.1. The van der Waals surface area contributed by atoms with Crippen molar-refractivity contribution < 1.29 is 19.4 Å². The van der Waals surface area contributed by atoms with Gasteiger partial charge in [0, 0.05) is 12.6 Å². The Balaban J connectivity index is 1.81. The Morgan fingerprint density at radius 2 is 1.96 bits per heavy atom. The van der Waals surface area contributed by atoms with Crippen molar-refractivity contribution in [3.05, 3.63) is 59.2 Å². The third-order valence-electron chi connectivity index (χ3n) is 4.72. The summed E-state index contributed by atoms with van der Waals surface area (Å²) in [7, 11) is 3.28. The number of ether oxygens (including phenoxy) is 2. The lowest BCUT2D eigenvalue weighted by atomic mass is 10.0. The maximum Gasteiger partial charge on any atom is 0.335 e. The molecular weight excluding hydrogens is 318 g/mol. The van der Waals surface area contributed by atoms with Crippen LogP contribution in [0.4, 0.5) is 0 Å². The molecule has 0 aliphatic carbocycles. The van der Waals surface area contributed by atoms with Crippen molar-refractivity contribution >= 4 is 5.97 Å². The van der Waals surface area contributed by atoms with Gasteiger partial charge in [0.05, 0.1) is 19.8 Å². The molecule has 0 saturated carbocycles. The predicted molar refractivity (Wildman–Crippen MR) is 95.3 cm³/mol. The summed E-state index contributed by atoms with van der Waals surface area (Å²) >= 11 is 0. The van der Waals surface area contributed by atoms with Gasteiger partial charge in [0.25, 0.3) is 0 Å². The van der Waals surface area contributed by atoms with E-state index in [1.165, 1.54) is 5.56 Å². The zero-order valence-electron chi connectivity index (χ0n) is 14.6.